The van der Waals surface area contributed by atoms with Crippen LogP contribution in [0.4, 0.5) is 0 Å². The average Bonchev–Trinajstić information content (AvgIpc) is 3.61. The molecule has 1 aliphatic carbocycles. The molecule has 0 unspecified atom stereocenters. The Morgan fingerprint density at radius 1 is 0.895 bits per heavy atom. The zero-order chi connectivity index (χ0) is 26.3. The molecular formula is C31H33BrN2O4. The third-order valence-electron chi connectivity index (χ3n) is 7.28. The summed E-state index contributed by atoms with van der Waals surface area (Å²) in [5.41, 5.74) is 3.00. The molecule has 2 aliphatic rings. The van der Waals surface area contributed by atoms with Crippen LogP contribution in [0.25, 0.3) is 0 Å². The second-order valence-corrected chi connectivity index (χ2v) is 11.0. The Morgan fingerprint density at radius 3 is 2.45 bits per heavy atom. The largest absolute Gasteiger partial charge is 0.454 e. The molecule has 5 rings (SSSR count). The molecule has 3 aromatic rings. The summed E-state index contributed by atoms with van der Waals surface area (Å²) < 4.78 is 11.9. The van der Waals surface area contributed by atoms with Crippen LogP contribution >= 0.6 is 15.9 Å². The van der Waals surface area contributed by atoms with Gasteiger partial charge in [0.1, 0.15) is 6.04 Å². The first-order valence-corrected chi connectivity index (χ1v) is 14.1. The van der Waals surface area contributed by atoms with E-state index in [1.54, 1.807) is 4.90 Å². The highest BCUT2D eigenvalue weighted by molar-refractivity contribution is 9.10. The van der Waals surface area contributed by atoms with E-state index >= 15 is 0 Å². The van der Waals surface area contributed by atoms with Gasteiger partial charge in [-0.15, -0.1) is 0 Å². The van der Waals surface area contributed by atoms with Gasteiger partial charge in [-0.3, -0.25) is 9.59 Å². The summed E-state index contributed by atoms with van der Waals surface area (Å²) in [6.07, 6.45) is 5.54. The van der Waals surface area contributed by atoms with Gasteiger partial charge in [-0.2, -0.15) is 0 Å². The van der Waals surface area contributed by atoms with E-state index in [4.69, 9.17) is 9.47 Å². The summed E-state index contributed by atoms with van der Waals surface area (Å²) in [6, 6.07) is 23.2. The number of nitrogens with one attached hydrogen (secondary N) is 1. The minimum absolute atomic E-state index is 0.0508. The van der Waals surface area contributed by atoms with Gasteiger partial charge in [-0.1, -0.05) is 77.3 Å². The maximum Gasteiger partial charge on any atom is 0.243 e. The van der Waals surface area contributed by atoms with E-state index < -0.39 is 6.04 Å². The first-order valence-electron chi connectivity index (χ1n) is 13.3. The van der Waals surface area contributed by atoms with E-state index in [0.29, 0.717) is 25.1 Å². The van der Waals surface area contributed by atoms with Crippen LogP contribution in [-0.2, 0) is 29.0 Å². The molecule has 6 nitrogen and oxygen atoms in total. The lowest BCUT2D eigenvalue weighted by atomic mass is 10.0. The van der Waals surface area contributed by atoms with Crippen LogP contribution in [0.1, 0.15) is 48.8 Å². The molecule has 1 heterocycles. The van der Waals surface area contributed by atoms with Crippen LogP contribution in [0.15, 0.2) is 77.3 Å². The molecule has 0 saturated heterocycles. The zero-order valence-corrected chi connectivity index (χ0v) is 23.0. The number of hydrogen-bond acceptors (Lipinski definition) is 4. The Labute approximate surface area is 232 Å². The van der Waals surface area contributed by atoms with Crippen molar-refractivity contribution in [3.63, 3.8) is 0 Å². The molecule has 198 valence electrons. The van der Waals surface area contributed by atoms with Gasteiger partial charge in [-0.05, 0) is 60.2 Å². The number of aryl methyl sites for hydroxylation is 1. The Hall–Kier alpha value is -3.32. The Morgan fingerprint density at radius 2 is 1.66 bits per heavy atom. The van der Waals surface area contributed by atoms with E-state index in [2.05, 4.69) is 21.2 Å². The van der Waals surface area contributed by atoms with Crippen LogP contribution in [0, 0.1) is 0 Å². The molecule has 2 amide bonds. The van der Waals surface area contributed by atoms with E-state index in [-0.39, 0.29) is 31.1 Å². The highest BCUT2D eigenvalue weighted by Crippen LogP contribution is 2.33. The number of fused-ring (bicyclic) bond motifs is 1. The van der Waals surface area contributed by atoms with Gasteiger partial charge in [0, 0.05) is 29.9 Å². The smallest absolute Gasteiger partial charge is 0.243 e. The van der Waals surface area contributed by atoms with Crippen molar-refractivity contribution in [1.29, 1.82) is 0 Å². The van der Waals surface area contributed by atoms with Crippen molar-refractivity contribution in [2.75, 3.05) is 6.79 Å². The molecule has 38 heavy (non-hydrogen) atoms. The van der Waals surface area contributed by atoms with Gasteiger partial charge in [0.05, 0.1) is 0 Å². The molecule has 3 aromatic carbocycles. The van der Waals surface area contributed by atoms with Crippen molar-refractivity contribution < 1.29 is 19.1 Å². The lowest BCUT2D eigenvalue weighted by Gasteiger charge is -2.32. The highest BCUT2D eigenvalue weighted by atomic mass is 79.9. The fourth-order valence-electron chi connectivity index (χ4n) is 5.24. The molecule has 7 heteroatoms. The van der Waals surface area contributed by atoms with E-state index in [1.165, 1.54) is 0 Å². The number of rotatable bonds is 10. The second-order valence-electron chi connectivity index (χ2n) is 10.0. The molecule has 1 fully saturated rings. The summed E-state index contributed by atoms with van der Waals surface area (Å²) in [6.45, 7) is 0.574. The number of nitrogens with zero attached hydrogens (tertiary/aromatic N) is 1. The van der Waals surface area contributed by atoms with Crippen molar-refractivity contribution in [2.24, 2.45) is 0 Å². The first kappa shape index (κ1) is 26.3. The van der Waals surface area contributed by atoms with Crippen molar-refractivity contribution in [2.45, 2.75) is 63.6 Å². The summed E-state index contributed by atoms with van der Waals surface area (Å²) in [7, 11) is 0. The molecule has 0 aromatic heterocycles. The van der Waals surface area contributed by atoms with Gasteiger partial charge in [-0.25, -0.2) is 0 Å². The number of amides is 2. The highest BCUT2D eigenvalue weighted by Gasteiger charge is 2.32. The first-order chi connectivity index (χ1) is 18.5. The van der Waals surface area contributed by atoms with Gasteiger partial charge in [0.25, 0.3) is 0 Å². The van der Waals surface area contributed by atoms with Crippen molar-refractivity contribution in [3.8, 4) is 11.5 Å². The monoisotopic (exact) mass is 576 g/mol. The fourth-order valence-corrected chi connectivity index (χ4v) is 5.69. The molecule has 0 spiro atoms. The molecule has 1 N–H and O–H groups in total. The average molecular weight is 578 g/mol. The molecule has 0 bridgehead atoms. The molecule has 0 radical (unpaired) electrons. The Bertz CT molecular complexity index is 1260. The minimum Gasteiger partial charge on any atom is -0.454 e. The van der Waals surface area contributed by atoms with Crippen LogP contribution in [0.2, 0.25) is 0 Å². The minimum atomic E-state index is -0.610. The topological polar surface area (TPSA) is 67.9 Å². The quantitative estimate of drug-likeness (QED) is 0.331. The number of carbonyl (C=O) groups is 2. The van der Waals surface area contributed by atoms with E-state index in [9.17, 15) is 9.59 Å². The third kappa shape index (κ3) is 6.76. The standard InChI is InChI=1S/C31H33BrN2O4/c32-25-10-6-9-24(17-25)20-34(30(35)16-14-23-13-15-28-29(19-23)38-21-37-28)27(18-22-7-2-1-3-8-22)31(36)33-26-11-4-5-12-26/h1-3,6-10,13,15,17,19,26-27H,4-5,11-12,14,16,18,20-21H2,(H,33,36)/t27-/m1/s1. The SMILES string of the molecule is O=C(NC1CCCC1)[C@@H](Cc1ccccc1)N(Cc1cccc(Br)c1)C(=O)CCc1ccc2c(c1)OCO2. The lowest BCUT2D eigenvalue weighted by Crippen LogP contribution is -2.52. The molecular weight excluding hydrogens is 544 g/mol. The van der Waals surface area contributed by atoms with E-state index in [1.807, 2.05) is 72.8 Å². The molecule has 1 atom stereocenters. The predicted molar refractivity (Wildman–Crippen MR) is 150 cm³/mol. The van der Waals surface area contributed by atoms with Gasteiger partial charge in [0.2, 0.25) is 18.6 Å². The summed E-state index contributed by atoms with van der Waals surface area (Å²) in [5.74, 6) is 1.30. The zero-order valence-electron chi connectivity index (χ0n) is 21.4. The number of hydrogen-bond donors (Lipinski definition) is 1. The van der Waals surface area contributed by atoms with Crippen LogP contribution < -0.4 is 14.8 Å². The predicted octanol–water partition coefficient (Wildman–Crippen LogP) is 5.81. The number of carbonyl (C=O) groups excluding carboxylic acids is 2. The van der Waals surface area contributed by atoms with Crippen molar-refractivity contribution in [3.05, 3.63) is 94.0 Å². The molecule has 1 aliphatic heterocycles. The van der Waals surface area contributed by atoms with Gasteiger partial charge in [0.15, 0.2) is 11.5 Å². The van der Waals surface area contributed by atoms with Crippen LogP contribution in [0.5, 0.6) is 11.5 Å². The summed E-state index contributed by atoms with van der Waals surface area (Å²) in [5, 5.41) is 3.26. The maximum atomic E-state index is 13.9. The normalized spacial score (nSPS) is 15.3. The number of benzene rings is 3. The van der Waals surface area contributed by atoms with Crippen LogP contribution in [0.3, 0.4) is 0 Å². The Kier molecular flexibility index (Phi) is 8.64. The Balaban J connectivity index is 1.40. The van der Waals surface area contributed by atoms with Gasteiger partial charge < -0.3 is 19.7 Å². The summed E-state index contributed by atoms with van der Waals surface area (Å²) in [4.78, 5) is 29.4. The van der Waals surface area contributed by atoms with Crippen molar-refractivity contribution in [1.82, 2.24) is 10.2 Å². The third-order valence-corrected chi connectivity index (χ3v) is 7.77. The van der Waals surface area contributed by atoms with Gasteiger partial charge >= 0.3 is 0 Å². The summed E-state index contributed by atoms with van der Waals surface area (Å²) >= 11 is 3.55. The van der Waals surface area contributed by atoms with Crippen LogP contribution in [-0.4, -0.2) is 35.6 Å². The maximum absolute atomic E-state index is 13.9. The second kappa shape index (κ2) is 12.5. The molecule has 1 saturated carbocycles. The lowest BCUT2D eigenvalue weighted by molar-refractivity contribution is -0.141. The fraction of sp³-hybridized carbons (Fsp3) is 0.355. The van der Waals surface area contributed by atoms with Crippen molar-refractivity contribution >= 4 is 27.7 Å². The van der Waals surface area contributed by atoms with E-state index in [0.717, 1.165) is 52.6 Å². The number of halogens is 1. The number of ether oxygens (including phenoxy) is 2.